The molecule has 0 aliphatic carbocycles. The lowest BCUT2D eigenvalue weighted by molar-refractivity contribution is -0.534. The van der Waals surface area contributed by atoms with Crippen molar-refractivity contribution < 1.29 is 9.41 Å². The van der Waals surface area contributed by atoms with E-state index in [1.165, 1.54) is 11.3 Å². The van der Waals surface area contributed by atoms with Crippen LogP contribution in [-0.4, -0.2) is 29.1 Å². The van der Waals surface area contributed by atoms with Crippen molar-refractivity contribution in [3.63, 3.8) is 0 Å². The van der Waals surface area contributed by atoms with Crippen molar-refractivity contribution in [2.75, 3.05) is 13.7 Å². The monoisotopic (exact) mass is 279 g/mol. The number of para-hydroxylation sites is 1. The van der Waals surface area contributed by atoms with Crippen molar-refractivity contribution >= 4 is 5.71 Å². The van der Waals surface area contributed by atoms with Gasteiger partial charge < -0.3 is 4.84 Å². The molecule has 0 spiro atoms. The predicted molar refractivity (Wildman–Crippen MR) is 84.3 cm³/mol. The first kappa shape index (κ1) is 13.4. The largest absolute Gasteiger partial charge is 0.374 e. The maximum Gasteiger partial charge on any atom is 0.250 e. The third kappa shape index (κ3) is 2.97. The van der Waals surface area contributed by atoms with E-state index in [2.05, 4.69) is 48.9 Å². The van der Waals surface area contributed by atoms with Crippen LogP contribution in [0.15, 0.2) is 72.4 Å². The zero-order valence-corrected chi connectivity index (χ0v) is 12.4. The van der Waals surface area contributed by atoms with Gasteiger partial charge in [-0.1, -0.05) is 36.4 Å². The maximum atomic E-state index is 5.93. The smallest absolute Gasteiger partial charge is 0.250 e. The van der Waals surface area contributed by atoms with Crippen molar-refractivity contribution in [3.05, 3.63) is 78.0 Å². The number of rotatable bonds is 3. The van der Waals surface area contributed by atoms with Gasteiger partial charge >= 0.3 is 0 Å². The standard InChI is InChI=1S/C18H19N2O/c1-15-13-18(16-9-5-3-6-10-16)19(2)14-20(15)21-17-11-7-4-8-12-17/h3-13H,14H2,1-2H3/q+1. The lowest BCUT2D eigenvalue weighted by Crippen LogP contribution is -2.38. The number of nitrogens with zero attached hydrogens (tertiary/aromatic N) is 2. The normalized spacial score (nSPS) is 15.0. The highest BCUT2D eigenvalue weighted by Gasteiger charge is 2.23. The Hall–Kier alpha value is -2.55. The molecule has 0 radical (unpaired) electrons. The van der Waals surface area contributed by atoms with Crippen LogP contribution >= 0.6 is 0 Å². The summed E-state index contributed by atoms with van der Waals surface area (Å²) in [4.78, 5) is 5.93. The summed E-state index contributed by atoms with van der Waals surface area (Å²) in [6.45, 7) is 2.76. The van der Waals surface area contributed by atoms with E-state index in [-0.39, 0.29) is 0 Å². The number of allylic oxidation sites excluding steroid dienone is 2. The highest BCUT2D eigenvalue weighted by Crippen LogP contribution is 2.17. The van der Waals surface area contributed by atoms with E-state index in [9.17, 15) is 0 Å². The summed E-state index contributed by atoms with van der Waals surface area (Å²) in [6.07, 6.45) is 2.15. The molecule has 2 aromatic carbocycles. The van der Waals surface area contributed by atoms with Gasteiger partial charge in [-0.3, -0.25) is 0 Å². The topological polar surface area (TPSA) is 15.5 Å². The molecule has 0 fully saturated rings. The molecular formula is C18H19N2O+. The van der Waals surface area contributed by atoms with Gasteiger partial charge in [-0.2, -0.15) is 5.06 Å². The first-order valence-electron chi connectivity index (χ1n) is 7.06. The quantitative estimate of drug-likeness (QED) is 0.801. The van der Waals surface area contributed by atoms with Crippen LogP contribution in [0.5, 0.6) is 5.75 Å². The van der Waals surface area contributed by atoms with Crippen LogP contribution in [0, 0.1) is 0 Å². The minimum Gasteiger partial charge on any atom is -0.374 e. The third-order valence-electron chi connectivity index (χ3n) is 3.52. The molecule has 0 unspecified atom stereocenters. The first-order chi connectivity index (χ1) is 10.2. The van der Waals surface area contributed by atoms with Crippen LogP contribution in [0.2, 0.25) is 0 Å². The molecule has 1 aliphatic heterocycles. The number of benzene rings is 2. The highest BCUT2D eigenvalue weighted by molar-refractivity contribution is 6.05. The fraction of sp³-hybridized carbons (Fsp3) is 0.167. The van der Waals surface area contributed by atoms with Gasteiger partial charge in [0.25, 0.3) is 0 Å². The van der Waals surface area contributed by atoms with Gasteiger partial charge in [0.1, 0.15) is 7.05 Å². The highest BCUT2D eigenvalue weighted by atomic mass is 16.7. The molecule has 2 aromatic rings. The molecule has 3 heteroatoms. The molecule has 0 saturated heterocycles. The van der Waals surface area contributed by atoms with E-state index in [0.29, 0.717) is 6.67 Å². The Labute approximate surface area is 125 Å². The molecule has 21 heavy (non-hydrogen) atoms. The van der Waals surface area contributed by atoms with E-state index >= 15 is 0 Å². The summed E-state index contributed by atoms with van der Waals surface area (Å²) in [7, 11) is 2.08. The number of hydrogen-bond donors (Lipinski definition) is 0. The molecule has 1 heterocycles. The van der Waals surface area contributed by atoms with Crippen LogP contribution in [0.3, 0.4) is 0 Å². The summed E-state index contributed by atoms with van der Waals surface area (Å²) in [6, 6.07) is 20.3. The molecular weight excluding hydrogens is 260 g/mol. The van der Waals surface area contributed by atoms with Gasteiger partial charge in [0.15, 0.2) is 5.75 Å². The van der Waals surface area contributed by atoms with Crippen LogP contribution < -0.4 is 4.84 Å². The van der Waals surface area contributed by atoms with E-state index < -0.39 is 0 Å². The fourth-order valence-corrected chi connectivity index (χ4v) is 2.38. The molecule has 106 valence electrons. The number of hydroxylamine groups is 2. The van der Waals surface area contributed by atoms with E-state index in [0.717, 1.165) is 11.4 Å². The summed E-state index contributed by atoms with van der Waals surface area (Å²) in [5.41, 5.74) is 3.52. The van der Waals surface area contributed by atoms with Crippen LogP contribution in [0.4, 0.5) is 0 Å². The lowest BCUT2D eigenvalue weighted by Gasteiger charge is -2.25. The zero-order chi connectivity index (χ0) is 14.7. The molecule has 3 nitrogen and oxygen atoms in total. The third-order valence-corrected chi connectivity index (χ3v) is 3.52. The van der Waals surface area contributed by atoms with Crippen LogP contribution in [-0.2, 0) is 0 Å². The zero-order valence-electron chi connectivity index (χ0n) is 12.4. The Morgan fingerprint density at radius 3 is 2.24 bits per heavy atom. The van der Waals surface area contributed by atoms with Crippen molar-refractivity contribution in [1.29, 1.82) is 0 Å². The fourth-order valence-electron chi connectivity index (χ4n) is 2.38. The van der Waals surface area contributed by atoms with Gasteiger partial charge in [-0.25, -0.2) is 4.58 Å². The predicted octanol–water partition coefficient (Wildman–Crippen LogP) is 3.29. The minimum atomic E-state index is 0.696. The van der Waals surface area contributed by atoms with E-state index in [1.54, 1.807) is 0 Å². The second-order valence-electron chi connectivity index (χ2n) is 5.16. The van der Waals surface area contributed by atoms with Crippen molar-refractivity contribution in [1.82, 2.24) is 5.06 Å². The first-order valence-corrected chi connectivity index (χ1v) is 7.06. The van der Waals surface area contributed by atoms with Crippen molar-refractivity contribution in [3.8, 4) is 5.75 Å². The maximum absolute atomic E-state index is 5.93. The summed E-state index contributed by atoms with van der Waals surface area (Å²) in [5.74, 6) is 0.849. The Bertz CT molecular complexity index is 675. The Morgan fingerprint density at radius 1 is 0.952 bits per heavy atom. The Balaban J connectivity index is 1.82. The summed E-state index contributed by atoms with van der Waals surface area (Å²) in [5, 5.41) is 1.90. The molecule has 3 rings (SSSR count). The minimum absolute atomic E-state index is 0.696. The molecule has 0 N–H and O–H groups in total. The second kappa shape index (κ2) is 5.83. The van der Waals surface area contributed by atoms with Crippen LogP contribution in [0.1, 0.15) is 12.5 Å². The molecule has 0 amide bonds. The second-order valence-corrected chi connectivity index (χ2v) is 5.16. The van der Waals surface area contributed by atoms with Gasteiger partial charge in [-0.15, -0.1) is 0 Å². The summed E-state index contributed by atoms with van der Waals surface area (Å²) < 4.78 is 2.19. The molecule has 0 bridgehead atoms. The van der Waals surface area contributed by atoms with Gasteiger partial charge in [0, 0.05) is 11.6 Å². The van der Waals surface area contributed by atoms with Gasteiger partial charge in [0.05, 0.1) is 5.70 Å². The van der Waals surface area contributed by atoms with E-state index in [1.807, 2.05) is 41.5 Å². The van der Waals surface area contributed by atoms with Crippen molar-refractivity contribution in [2.45, 2.75) is 6.92 Å². The van der Waals surface area contributed by atoms with Crippen LogP contribution in [0.25, 0.3) is 0 Å². The molecule has 0 saturated carbocycles. The molecule has 1 aliphatic rings. The Kier molecular flexibility index (Phi) is 3.73. The molecule has 0 aromatic heterocycles. The Morgan fingerprint density at radius 2 is 1.57 bits per heavy atom. The van der Waals surface area contributed by atoms with Crippen molar-refractivity contribution in [2.24, 2.45) is 0 Å². The van der Waals surface area contributed by atoms with E-state index in [4.69, 9.17) is 4.84 Å². The summed E-state index contributed by atoms with van der Waals surface area (Å²) >= 11 is 0. The lowest BCUT2D eigenvalue weighted by atomic mass is 10.1. The average molecular weight is 279 g/mol. The SMILES string of the molecule is CC1=CC(c2ccccc2)=[N+](C)CN1Oc1ccccc1. The van der Waals surface area contributed by atoms with Gasteiger partial charge in [0.2, 0.25) is 12.4 Å². The number of hydrogen-bond acceptors (Lipinski definition) is 2. The molecule has 0 atom stereocenters. The van der Waals surface area contributed by atoms with Gasteiger partial charge in [-0.05, 0) is 31.2 Å². The average Bonchev–Trinajstić information content (AvgIpc) is 2.52.